The molecule has 2 aliphatic rings. The quantitative estimate of drug-likeness (QED) is 0.905. The lowest BCUT2D eigenvalue weighted by atomic mass is 10.1. The van der Waals surface area contributed by atoms with Crippen LogP contribution in [0.2, 0.25) is 0 Å². The van der Waals surface area contributed by atoms with Gasteiger partial charge in [0.25, 0.3) is 0 Å². The van der Waals surface area contributed by atoms with E-state index in [2.05, 4.69) is 5.32 Å². The van der Waals surface area contributed by atoms with Gasteiger partial charge in [0.2, 0.25) is 11.8 Å². The normalized spacial score (nSPS) is 21.7. The van der Waals surface area contributed by atoms with Crippen molar-refractivity contribution in [3.05, 3.63) is 29.8 Å². The summed E-state index contributed by atoms with van der Waals surface area (Å²) in [4.78, 5) is 25.4. The maximum absolute atomic E-state index is 12.2. The lowest BCUT2D eigenvalue weighted by Crippen LogP contribution is -2.32. The van der Waals surface area contributed by atoms with Crippen LogP contribution in [0.15, 0.2) is 24.3 Å². The fraction of sp³-hybridized carbons (Fsp3) is 0.556. The average molecular weight is 316 g/mol. The molecule has 1 N–H and O–H groups in total. The molecule has 5 heteroatoms. The maximum atomic E-state index is 12.2. The molecule has 0 unspecified atom stereocenters. The fourth-order valence-electron chi connectivity index (χ4n) is 3.32. The van der Waals surface area contributed by atoms with E-state index < -0.39 is 0 Å². The van der Waals surface area contributed by atoms with E-state index in [1.54, 1.807) is 11.9 Å². The van der Waals surface area contributed by atoms with Crippen molar-refractivity contribution in [1.29, 1.82) is 0 Å². The highest BCUT2D eigenvalue weighted by molar-refractivity contribution is 5.89. The van der Waals surface area contributed by atoms with Crippen LogP contribution in [0.25, 0.3) is 0 Å². The number of likely N-dealkylation sites (tertiary alicyclic amines) is 1. The smallest absolute Gasteiger partial charge is 0.225 e. The van der Waals surface area contributed by atoms with E-state index in [1.807, 2.05) is 24.3 Å². The number of rotatable bonds is 5. The molecule has 1 heterocycles. The zero-order valence-electron chi connectivity index (χ0n) is 13.6. The Labute approximate surface area is 137 Å². The summed E-state index contributed by atoms with van der Waals surface area (Å²) in [5.41, 5.74) is 0.991. The molecule has 2 fully saturated rings. The van der Waals surface area contributed by atoms with E-state index in [1.165, 1.54) is 12.8 Å². The standard InChI is InChI=1S/C18H24N2O3/c1-20-12-14(10-17(20)21)18(22)19-11-13-6-2-5-9-16(13)23-15-7-3-4-8-15/h2,5-6,9,14-15H,3-4,7-8,10-12H2,1H3,(H,19,22)/t14-/m0/s1. The molecule has 1 atom stereocenters. The van der Waals surface area contributed by atoms with E-state index in [9.17, 15) is 9.59 Å². The first-order valence-electron chi connectivity index (χ1n) is 8.39. The van der Waals surface area contributed by atoms with Crippen LogP contribution in [0.3, 0.4) is 0 Å². The summed E-state index contributed by atoms with van der Waals surface area (Å²) in [5.74, 6) is 0.600. The number of amides is 2. The first-order chi connectivity index (χ1) is 11.1. The highest BCUT2D eigenvalue weighted by Gasteiger charge is 2.32. The molecule has 23 heavy (non-hydrogen) atoms. The summed E-state index contributed by atoms with van der Waals surface area (Å²) < 4.78 is 6.08. The van der Waals surface area contributed by atoms with Gasteiger partial charge in [0, 0.05) is 32.1 Å². The molecule has 0 spiro atoms. The van der Waals surface area contributed by atoms with Crippen LogP contribution in [0.4, 0.5) is 0 Å². The van der Waals surface area contributed by atoms with Gasteiger partial charge in [-0.05, 0) is 31.7 Å². The first-order valence-corrected chi connectivity index (χ1v) is 8.39. The second-order valence-electron chi connectivity index (χ2n) is 6.53. The molecule has 3 rings (SSSR count). The Balaban J connectivity index is 1.57. The number of nitrogens with zero attached hydrogens (tertiary/aromatic N) is 1. The van der Waals surface area contributed by atoms with Crippen LogP contribution in [0, 0.1) is 5.92 Å². The van der Waals surface area contributed by atoms with Crippen LogP contribution in [-0.4, -0.2) is 36.4 Å². The Morgan fingerprint density at radius 1 is 1.30 bits per heavy atom. The lowest BCUT2D eigenvalue weighted by Gasteiger charge is -2.17. The molecule has 1 saturated heterocycles. The van der Waals surface area contributed by atoms with Crippen LogP contribution in [0.1, 0.15) is 37.7 Å². The van der Waals surface area contributed by atoms with E-state index in [0.717, 1.165) is 24.2 Å². The summed E-state index contributed by atoms with van der Waals surface area (Å²) in [6, 6.07) is 7.86. The Morgan fingerprint density at radius 3 is 2.74 bits per heavy atom. The van der Waals surface area contributed by atoms with Gasteiger partial charge < -0.3 is 15.0 Å². The van der Waals surface area contributed by atoms with E-state index >= 15 is 0 Å². The van der Waals surface area contributed by atoms with Crippen molar-refractivity contribution in [2.45, 2.75) is 44.8 Å². The molecule has 1 aliphatic carbocycles. The van der Waals surface area contributed by atoms with Crippen molar-refractivity contribution < 1.29 is 14.3 Å². The van der Waals surface area contributed by atoms with Crippen LogP contribution >= 0.6 is 0 Å². The van der Waals surface area contributed by atoms with Crippen molar-refractivity contribution in [2.24, 2.45) is 5.92 Å². The highest BCUT2D eigenvalue weighted by atomic mass is 16.5. The zero-order valence-corrected chi connectivity index (χ0v) is 13.6. The number of carbonyl (C=O) groups excluding carboxylic acids is 2. The van der Waals surface area contributed by atoms with Crippen LogP contribution in [-0.2, 0) is 16.1 Å². The second kappa shape index (κ2) is 7.02. The number of hydrogen-bond acceptors (Lipinski definition) is 3. The van der Waals surface area contributed by atoms with Crippen molar-refractivity contribution >= 4 is 11.8 Å². The van der Waals surface area contributed by atoms with Gasteiger partial charge in [0.05, 0.1) is 12.0 Å². The predicted molar refractivity (Wildman–Crippen MR) is 86.9 cm³/mol. The average Bonchev–Trinajstić information content (AvgIpc) is 3.17. The van der Waals surface area contributed by atoms with Crippen LogP contribution < -0.4 is 10.1 Å². The van der Waals surface area contributed by atoms with Crippen molar-refractivity contribution in [3.8, 4) is 5.75 Å². The number of benzene rings is 1. The minimum atomic E-state index is -0.240. The summed E-state index contributed by atoms with van der Waals surface area (Å²) in [7, 11) is 1.74. The van der Waals surface area contributed by atoms with Crippen molar-refractivity contribution in [2.75, 3.05) is 13.6 Å². The van der Waals surface area contributed by atoms with Crippen LogP contribution in [0.5, 0.6) is 5.75 Å². The second-order valence-corrected chi connectivity index (χ2v) is 6.53. The Morgan fingerprint density at radius 2 is 2.04 bits per heavy atom. The largest absolute Gasteiger partial charge is 0.490 e. The minimum Gasteiger partial charge on any atom is -0.490 e. The SMILES string of the molecule is CN1C[C@@H](C(=O)NCc2ccccc2OC2CCCC2)CC1=O. The molecule has 2 amide bonds. The number of ether oxygens (including phenoxy) is 1. The molecule has 1 aromatic carbocycles. The third kappa shape index (κ3) is 3.84. The number of hydrogen-bond donors (Lipinski definition) is 1. The number of para-hydroxylation sites is 1. The molecule has 1 aliphatic heterocycles. The fourth-order valence-corrected chi connectivity index (χ4v) is 3.32. The van der Waals surface area contributed by atoms with E-state index in [-0.39, 0.29) is 17.7 Å². The topological polar surface area (TPSA) is 58.6 Å². The first kappa shape index (κ1) is 15.8. The van der Waals surface area contributed by atoms with Gasteiger partial charge in [-0.15, -0.1) is 0 Å². The lowest BCUT2D eigenvalue weighted by molar-refractivity contribution is -0.128. The molecule has 124 valence electrons. The molecular weight excluding hydrogens is 292 g/mol. The summed E-state index contributed by atoms with van der Waals surface area (Å²) in [6.07, 6.45) is 5.28. The molecular formula is C18H24N2O3. The summed E-state index contributed by atoms with van der Waals surface area (Å²) in [5, 5.41) is 2.95. The molecule has 0 bridgehead atoms. The Bertz CT molecular complexity index is 581. The molecule has 5 nitrogen and oxygen atoms in total. The van der Waals surface area contributed by atoms with Gasteiger partial charge in [-0.25, -0.2) is 0 Å². The van der Waals surface area contributed by atoms with Crippen molar-refractivity contribution in [3.63, 3.8) is 0 Å². The highest BCUT2D eigenvalue weighted by Crippen LogP contribution is 2.26. The Hall–Kier alpha value is -2.04. The third-order valence-electron chi connectivity index (χ3n) is 4.73. The van der Waals surface area contributed by atoms with Crippen molar-refractivity contribution in [1.82, 2.24) is 10.2 Å². The predicted octanol–water partition coefficient (Wildman–Crippen LogP) is 2.10. The third-order valence-corrected chi connectivity index (χ3v) is 4.73. The minimum absolute atomic E-state index is 0.0371. The molecule has 0 aromatic heterocycles. The maximum Gasteiger partial charge on any atom is 0.225 e. The molecule has 1 aromatic rings. The van der Waals surface area contributed by atoms with Gasteiger partial charge in [-0.1, -0.05) is 18.2 Å². The number of nitrogens with one attached hydrogen (secondary N) is 1. The number of carbonyl (C=O) groups is 2. The Kier molecular flexibility index (Phi) is 4.84. The van der Waals surface area contributed by atoms with Gasteiger partial charge in [-0.2, -0.15) is 0 Å². The van der Waals surface area contributed by atoms with E-state index in [0.29, 0.717) is 25.6 Å². The summed E-state index contributed by atoms with van der Waals surface area (Å²) >= 11 is 0. The monoisotopic (exact) mass is 316 g/mol. The van der Waals surface area contributed by atoms with Gasteiger partial charge >= 0.3 is 0 Å². The van der Waals surface area contributed by atoms with Gasteiger partial charge in [0.15, 0.2) is 0 Å². The summed E-state index contributed by atoms with van der Waals surface area (Å²) in [6.45, 7) is 0.945. The molecule has 0 radical (unpaired) electrons. The van der Waals surface area contributed by atoms with Gasteiger partial charge in [0.1, 0.15) is 5.75 Å². The van der Waals surface area contributed by atoms with Gasteiger partial charge in [-0.3, -0.25) is 9.59 Å². The van der Waals surface area contributed by atoms with E-state index in [4.69, 9.17) is 4.74 Å². The molecule has 1 saturated carbocycles. The zero-order chi connectivity index (χ0) is 16.2.